The van der Waals surface area contributed by atoms with E-state index in [4.69, 9.17) is 5.73 Å². The van der Waals surface area contributed by atoms with E-state index in [0.29, 0.717) is 0 Å². The molecule has 0 fully saturated rings. The minimum atomic E-state index is 0.117. The monoisotopic (exact) mass is 274 g/mol. The molecule has 1 aromatic carbocycles. The summed E-state index contributed by atoms with van der Waals surface area (Å²) in [4.78, 5) is 3.73. The normalized spacial score (nSPS) is 14.6. The number of thiophene rings is 1. The summed E-state index contributed by atoms with van der Waals surface area (Å²) >= 11 is 1.80. The summed E-state index contributed by atoms with van der Waals surface area (Å²) < 4.78 is 0. The molecule has 2 unspecified atom stereocenters. The van der Waals surface area contributed by atoms with Crippen LogP contribution in [0.5, 0.6) is 0 Å². The van der Waals surface area contributed by atoms with Crippen LogP contribution in [-0.4, -0.2) is 18.0 Å². The van der Waals surface area contributed by atoms with Gasteiger partial charge in [-0.15, -0.1) is 11.3 Å². The van der Waals surface area contributed by atoms with Crippen molar-refractivity contribution in [3.05, 3.63) is 57.8 Å². The van der Waals surface area contributed by atoms with Crippen molar-refractivity contribution in [2.45, 2.75) is 32.5 Å². The number of benzene rings is 1. The Morgan fingerprint density at radius 2 is 1.89 bits per heavy atom. The molecule has 0 saturated carbocycles. The third-order valence-electron chi connectivity index (χ3n) is 3.42. The summed E-state index contributed by atoms with van der Waals surface area (Å²) in [5, 5.41) is 2.15. The molecule has 0 aliphatic heterocycles. The van der Waals surface area contributed by atoms with Gasteiger partial charge in [0.25, 0.3) is 0 Å². The average Bonchev–Trinajstić information content (AvgIpc) is 2.77. The minimum Gasteiger partial charge on any atom is -0.326 e. The highest BCUT2D eigenvalue weighted by molar-refractivity contribution is 7.10. The summed E-state index contributed by atoms with van der Waals surface area (Å²) in [7, 11) is 2.15. The van der Waals surface area contributed by atoms with E-state index in [2.05, 4.69) is 67.6 Å². The van der Waals surface area contributed by atoms with Crippen molar-refractivity contribution in [2.75, 3.05) is 7.05 Å². The van der Waals surface area contributed by atoms with Crippen LogP contribution in [0, 0.1) is 6.92 Å². The maximum Gasteiger partial charge on any atom is 0.0593 e. The summed E-state index contributed by atoms with van der Waals surface area (Å²) in [5.74, 6) is 0. The Kier molecular flexibility index (Phi) is 4.75. The lowest BCUT2D eigenvalue weighted by atomic mass is 10.0. The van der Waals surface area contributed by atoms with E-state index in [1.165, 1.54) is 16.0 Å². The molecule has 2 aromatic rings. The van der Waals surface area contributed by atoms with Gasteiger partial charge < -0.3 is 5.73 Å². The van der Waals surface area contributed by atoms with E-state index < -0.39 is 0 Å². The summed E-state index contributed by atoms with van der Waals surface area (Å²) in [6.07, 6.45) is 0. The van der Waals surface area contributed by atoms with Crippen LogP contribution in [0.15, 0.2) is 41.8 Å². The summed E-state index contributed by atoms with van der Waals surface area (Å²) in [6.45, 7) is 5.17. The van der Waals surface area contributed by atoms with Gasteiger partial charge in [0.15, 0.2) is 0 Å². The van der Waals surface area contributed by atoms with E-state index in [-0.39, 0.29) is 12.1 Å². The fourth-order valence-electron chi connectivity index (χ4n) is 2.50. The van der Waals surface area contributed by atoms with Crippen LogP contribution in [-0.2, 0) is 6.54 Å². The Morgan fingerprint density at radius 3 is 2.42 bits per heavy atom. The molecule has 3 heteroatoms. The first kappa shape index (κ1) is 14.3. The third kappa shape index (κ3) is 3.44. The molecular formula is C16H22N2S. The molecule has 0 amide bonds. The SMILES string of the molecule is Cc1ccsc1C(C(C)N)N(C)Cc1ccccc1. The van der Waals surface area contributed by atoms with Crippen LogP contribution in [0.25, 0.3) is 0 Å². The molecule has 1 aromatic heterocycles. The number of aryl methyl sites for hydroxylation is 1. The molecule has 0 bridgehead atoms. The van der Waals surface area contributed by atoms with Gasteiger partial charge in [-0.25, -0.2) is 0 Å². The van der Waals surface area contributed by atoms with Gasteiger partial charge in [0, 0.05) is 17.5 Å². The van der Waals surface area contributed by atoms with Crippen molar-refractivity contribution in [1.82, 2.24) is 4.90 Å². The van der Waals surface area contributed by atoms with Gasteiger partial charge in [-0.1, -0.05) is 30.3 Å². The molecule has 0 aliphatic rings. The van der Waals surface area contributed by atoms with E-state index in [1.807, 2.05) is 0 Å². The zero-order chi connectivity index (χ0) is 13.8. The quantitative estimate of drug-likeness (QED) is 0.903. The largest absolute Gasteiger partial charge is 0.326 e. The van der Waals surface area contributed by atoms with Gasteiger partial charge in [0.2, 0.25) is 0 Å². The number of nitrogens with two attached hydrogens (primary N) is 1. The van der Waals surface area contributed by atoms with E-state index in [1.54, 1.807) is 11.3 Å². The highest BCUT2D eigenvalue weighted by atomic mass is 32.1. The summed E-state index contributed by atoms with van der Waals surface area (Å²) in [5.41, 5.74) is 8.88. The highest BCUT2D eigenvalue weighted by Crippen LogP contribution is 2.30. The number of rotatable bonds is 5. The molecular weight excluding hydrogens is 252 g/mol. The van der Waals surface area contributed by atoms with Crippen molar-refractivity contribution in [3.63, 3.8) is 0 Å². The van der Waals surface area contributed by atoms with Crippen molar-refractivity contribution < 1.29 is 0 Å². The highest BCUT2D eigenvalue weighted by Gasteiger charge is 2.23. The molecule has 19 heavy (non-hydrogen) atoms. The Balaban J connectivity index is 2.18. The number of nitrogens with zero attached hydrogens (tertiary/aromatic N) is 1. The van der Waals surface area contributed by atoms with Gasteiger partial charge in [0.05, 0.1) is 6.04 Å². The standard InChI is InChI=1S/C16H22N2S/c1-12-9-10-19-16(12)15(13(2)17)18(3)11-14-7-5-4-6-8-14/h4-10,13,15H,11,17H2,1-3H3. The number of hydrogen-bond acceptors (Lipinski definition) is 3. The minimum absolute atomic E-state index is 0.117. The fraction of sp³-hybridized carbons (Fsp3) is 0.375. The zero-order valence-electron chi connectivity index (χ0n) is 11.8. The first-order valence-corrected chi connectivity index (χ1v) is 7.51. The Hall–Kier alpha value is -1.16. The molecule has 0 spiro atoms. The van der Waals surface area contributed by atoms with E-state index in [0.717, 1.165) is 6.54 Å². The first-order valence-electron chi connectivity index (χ1n) is 6.63. The van der Waals surface area contributed by atoms with Crippen molar-refractivity contribution in [3.8, 4) is 0 Å². The predicted octanol–water partition coefficient (Wildman–Crippen LogP) is 3.58. The smallest absolute Gasteiger partial charge is 0.0593 e. The first-order chi connectivity index (χ1) is 9.09. The van der Waals surface area contributed by atoms with E-state index in [9.17, 15) is 0 Å². The van der Waals surface area contributed by atoms with Crippen LogP contribution >= 0.6 is 11.3 Å². The van der Waals surface area contributed by atoms with Crippen molar-refractivity contribution in [1.29, 1.82) is 0 Å². The molecule has 1 heterocycles. The maximum absolute atomic E-state index is 6.22. The second-order valence-corrected chi connectivity index (χ2v) is 6.12. The zero-order valence-corrected chi connectivity index (χ0v) is 12.7. The van der Waals surface area contributed by atoms with Crippen molar-refractivity contribution in [2.24, 2.45) is 5.73 Å². The predicted molar refractivity (Wildman–Crippen MR) is 83.4 cm³/mol. The number of hydrogen-bond donors (Lipinski definition) is 1. The van der Waals surface area contributed by atoms with Crippen LogP contribution < -0.4 is 5.73 Å². The summed E-state index contributed by atoms with van der Waals surface area (Å²) in [6, 6.07) is 13.1. The molecule has 2 atom stereocenters. The van der Waals surface area contributed by atoms with Crippen LogP contribution in [0.2, 0.25) is 0 Å². The van der Waals surface area contributed by atoms with Crippen molar-refractivity contribution >= 4 is 11.3 Å². The van der Waals surface area contributed by atoms with Crippen LogP contribution in [0.1, 0.15) is 29.0 Å². The third-order valence-corrected chi connectivity index (χ3v) is 4.51. The Bertz CT molecular complexity index is 504. The van der Waals surface area contributed by atoms with Gasteiger partial charge >= 0.3 is 0 Å². The topological polar surface area (TPSA) is 29.3 Å². The van der Waals surface area contributed by atoms with Gasteiger partial charge in [-0.2, -0.15) is 0 Å². The molecule has 2 N–H and O–H groups in total. The second-order valence-electron chi connectivity index (χ2n) is 5.17. The van der Waals surface area contributed by atoms with Gasteiger partial charge in [-0.3, -0.25) is 4.90 Å². The number of likely N-dealkylation sites (N-methyl/N-ethyl adjacent to an activating group) is 1. The average molecular weight is 274 g/mol. The maximum atomic E-state index is 6.22. The molecule has 2 nitrogen and oxygen atoms in total. The second kappa shape index (κ2) is 6.33. The lowest BCUT2D eigenvalue weighted by molar-refractivity contribution is 0.213. The van der Waals surface area contributed by atoms with Crippen LogP contribution in [0.4, 0.5) is 0 Å². The van der Waals surface area contributed by atoms with Gasteiger partial charge in [0.1, 0.15) is 0 Å². The Labute approximate surface area is 119 Å². The van der Waals surface area contributed by atoms with Gasteiger partial charge in [-0.05, 0) is 43.5 Å². The fourth-order valence-corrected chi connectivity index (χ4v) is 3.70. The van der Waals surface area contributed by atoms with E-state index >= 15 is 0 Å². The molecule has 102 valence electrons. The molecule has 0 aliphatic carbocycles. The molecule has 0 saturated heterocycles. The van der Waals surface area contributed by atoms with Crippen LogP contribution in [0.3, 0.4) is 0 Å². The molecule has 2 rings (SSSR count). The lowest BCUT2D eigenvalue weighted by Gasteiger charge is -2.31. The Morgan fingerprint density at radius 1 is 1.21 bits per heavy atom. The lowest BCUT2D eigenvalue weighted by Crippen LogP contribution is -2.36. The molecule has 0 radical (unpaired) electrons.